The SMILES string of the molecule is CC(=O)Nc1ccc(SC(C)C(=O)N(C)Cc2ccc(OC(F)(F)F)cc2)cc1. The first-order chi connectivity index (χ1) is 13.5. The van der Waals surface area contributed by atoms with E-state index in [1.807, 2.05) is 12.1 Å². The highest BCUT2D eigenvalue weighted by Crippen LogP contribution is 2.27. The highest BCUT2D eigenvalue weighted by Gasteiger charge is 2.31. The van der Waals surface area contributed by atoms with Gasteiger partial charge < -0.3 is 15.0 Å². The fraction of sp³-hybridized carbons (Fsp3) is 0.300. The second-order valence-corrected chi connectivity index (χ2v) is 7.77. The fourth-order valence-electron chi connectivity index (χ4n) is 2.53. The molecule has 2 aromatic rings. The summed E-state index contributed by atoms with van der Waals surface area (Å²) in [6, 6.07) is 12.6. The topological polar surface area (TPSA) is 58.6 Å². The Morgan fingerprint density at radius 3 is 2.21 bits per heavy atom. The average molecular weight is 426 g/mol. The number of amides is 2. The molecule has 1 unspecified atom stereocenters. The van der Waals surface area contributed by atoms with Gasteiger partial charge in [0.05, 0.1) is 5.25 Å². The molecule has 1 N–H and O–H groups in total. The van der Waals surface area contributed by atoms with Gasteiger partial charge in [0.1, 0.15) is 5.75 Å². The van der Waals surface area contributed by atoms with E-state index in [2.05, 4.69) is 10.1 Å². The van der Waals surface area contributed by atoms with E-state index >= 15 is 0 Å². The lowest BCUT2D eigenvalue weighted by molar-refractivity contribution is -0.274. The molecular formula is C20H21F3N2O3S. The number of rotatable bonds is 7. The van der Waals surface area contributed by atoms with E-state index in [4.69, 9.17) is 0 Å². The quantitative estimate of drug-likeness (QED) is 0.653. The number of carbonyl (C=O) groups is 2. The molecule has 2 aromatic carbocycles. The fourth-order valence-corrected chi connectivity index (χ4v) is 3.52. The van der Waals surface area contributed by atoms with Crippen LogP contribution in [-0.4, -0.2) is 35.4 Å². The number of alkyl halides is 3. The van der Waals surface area contributed by atoms with Crippen LogP contribution in [0.3, 0.4) is 0 Å². The first-order valence-corrected chi connectivity index (χ1v) is 9.55. The Hall–Kier alpha value is -2.68. The van der Waals surface area contributed by atoms with Crippen LogP contribution in [0.5, 0.6) is 5.75 Å². The molecule has 29 heavy (non-hydrogen) atoms. The summed E-state index contributed by atoms with van der Waals surface area (Å²) in [6.45, 7) is 3.47. The Bertz CT molecular complexity index is 840. The van der Waals surface area contributed by atoms with Gasteiger partial charge in [-0.1, -0.05) is 12.1 Å². The molecule has 2 amide bonds. The summed E-state index contributed by atoms with van der Waals surface area (Å²) in [5, 5.41) is 2.31. The molecule has 0 aliphatic rings. The third-order valence-electron chi connectivity index (χ3n) is 3.79. The van der Waals surface area contributed by atoms with Crippen molar-refractivity contribution in [1.29, 1.82) is 0 Å². The minimum atomic E-state index is -4.73. The minimum Gasteiger partial charge on any atom is -0.406 e. The van der Waals surface area contributed by atoms with Crippen LogP contribution < -0.4 is 10.1 Å². The molecule has 0 aliphatic heterocycles. The molecule has 0 spiro atoms. The van der Waals surface area contributed by atoms with Crippen molar-refractivity contribution in [3.8, 4) is 5.75 Å². The number of anilines is 1. The van der Waals surface area contributed by atoms with Gasteiger partial charge >= 0.3 is 6.36 Å². The largest absolute Gasteiger partial charge is 0.573 e. The number of thioether (sulfide) groups is 1. The Balaban J connectivity index is 1.91. The molecule has 0 aromatic heterocycles. The lowest BCUT2D eigenvalue weighted by atomic mass is 10.2. The Morgan fingerprint density at radius 2 is 1.69 bits per heavy atom. The van der Waals surface area contributed by atoms with E-state index < -0.39 is 6.36 Å². The van der Waals surface area contributed by atoms with E-state index in [-0.39, 0.29) is 29.4 Å². The number of halogens is 3. The number of nitrogens with zero attached hydrogens (tertiary/aromatic N) is 1. The summed E-state index contributed by atoms with van der Waals surface area (Å²) < 4.78 is 40.5. The molecular weight excluding hydrogens is 405 g/mol. The van der Waals surface area contributed by atoms with Gasteiger partial charge in [0.15, 0.2) is 0 Å². The lowest BCUT2D eigenvalue weighted by Gasteiger charge is -2.21. The number of ether oxygens (including phenoxy) is 1. The van der Waals surface area contributed by atoms with E-state index in [9.17, 15) is 22.8 Å². The van der Waals surface area contributed by atoms with Crippen molar-refractivity contribution in [2.75, 3.05) is 12.4 Å². The number of hydrogen-bond acceptors (Lipinski definition) is 4. The molecule has 0 heterocycles. The van der Waals surface area contributed by atoms with Crippen LogP contribution in [0.4, 0.5) is 18.9 Å². The number of hydrogen-bond donors (Lipinski definition) is 1. The molecule has 0 fully saturated rings. The Kier molecular flexibility index (Phi) is 7.55. The van der Waals surface area contributed by atoms with Crippen molar-refractivity contribution < 1.29 is 27.5 Å². The number of carbonyl (C=O) groups excluding carboxylic acids is 2. The third-order valence-corrected chi connectivity index (χ3v) is 4.89. The lowest BCUT2D eigenvalue weighted by Crippen LogP contribution is -2.32. The summed E-state index contributed by atoms with van der Waals surface area (Å²) in [4.78, 5) is 26.0. The summed E-state index contributed by atoms with van der Waals surface area (Å²) >= 11 is 1.38. The van der Waals surface area contributed by atoms with Gasteiger partial charge in [-0.2, -0.15) is 0 Å². The maximum atomic E-state index is 12.6. The molecule has 0 saturated carbocycles. The van der Waals surface area contributed by atoms with E-state index in [0.29, 0.717) is 11.3 Å². The van der Waals surface area contributed by atoms with Crippen molar-refractivity contribution >= 4 is 29.3 Å². The monoisotopic (exact) mass is 426 g/mol. The predicted octanol–water partition coefficient (Wildman–Crippen LogP) is 4.68. The molecule has 5 nitrogen and oxygen atoms in total. The Morgan fingerprint density at radius 1 is 1.10 bits per heavy atom. The van der Waals surface area contributed by atoms with Crippen molar-refractivity contribution in [1.82, 2.24) is 4.90 Å². The zero-order valence-electron chi connectivity index (χ0n) is 16.1. The van der Waals surface area contributed by atoms with Gasteiger partial charge in [0, 0.05) is 31.1 Å². The molecule has 9 heteroatoms. The van der Waals surface area contributed by atoms with Crippen LogP contribution in [-0.2, 0) is 16.1 Å². The van der Waals surface area contributed by atoms with Crippen LogP contribution in [0, 0.1) is 0 Å². The standard InChI is InChI=1S/C20H21F3N2O3S/c1-13(29-18-10-6-16(7-11-18)24-14(2)26)19(27)25(3)12-15-4-8-17(9-5-15)28-20(21,22)23/h4-11,13H,12H2,1-3H3,(H,24,26). The van der Waals surface area contributed by atoms with E-state index in [1.54, 1.807) is 26.1 Å². The van der Waals surface area contributed by atoms with Crippen LogP contribution in [0.15, 0.2) is 53.4 Å². The zero-order valence-corrected chi connectivity index (χ0v) is 16.9. The molecule has 2 rings (SSSR count). The van der Waals surface area contributed by atoms with E-state index in [1.165, 1.54) is 47.9 Å². The van der Waals surface area contributed by atoms with Crippen molar-refractivity contribution in [3.05, 3.63) is 54.1 Å². The summed E-state index contributed by atoms with van der Waals surface area (Å²) in [5.74, 6) is -0.577. The van der Waals surface area contributed by atoms with Gasteiger partial charge in [0.25, 0.3) is 0 Å². The highest BCUT2D eigenvalue weighted by atomic mass is 32.2. The first kappa shape index (κ1) is 22.6. The zero-order chi connectivity index (χ0) is 21.6. The molecule has 1 atom stereocenters. The maximum absolute atomic E-state index is 12.6. The second kappa shape index (κ2) is 9.69. The van der Waals surface area contributed by atoms with E-state index in [0.717, 1.165) is 4.90 Å². The van der Waals surface area contributed by atoms with Gasteiger partial charge in [-0.05, 0) is 48.9 Å². The van der Waals surface area contributed by atoms with Gasteiger partial charge in [-0.15, -0.1) is 24.9 Å². The van der Waals surface area contributed by atoms with Crippen molar-refractivity contribution in [2.45, 2.75) is 36.9 Å². The van der Waals surface area contributed by atoms with Gasteiger partial charge in [-0.3, -0.25) is 9.59 Å². The van der Waals surface area contributed by atoms with Crippen molar-refractivity contribution in [3.63, 3.8) is 0 Å². The molecule has 0 saturated heterocycles. The van der Waals surface area contributed by atoms with Crippen LogP contribution in [0.2, 0.25) is 0 Å². The summed E-state index contributed by atoms with van der Waals surface area (Å²) in [5.41, 5.74) is 1.36. The van der Waals surface area contributed by atoms with Gasteiger partial charge in [-0.25, -0.2) is 0 Å². The van der Waals surface area contributed by atoms with Crippen LogP contribution >= 0.6 is 11.8 Å². The Labute approximate surface area is 171 Å². The molecule has 156 valence electrons. The van der Waals surface area contributed by atoms with Crippen LogP contribution in [0.25, 0.3) is 0 Å². The average Bonchev–Trinajstić information content (AvgIpc) is 2.62. The normalized spacial score (nSPS) is 12.2. The maximum Gasteiger partial charge on any atom is 0.573 e. The first-order valence-electron chi connectivity index (χ1n) is 8.67. The summed E-state index contributed by atoms with van der Waals surface area (Å²) in [6.07, 6.45) is -4.73. The number of benzene rings is 2. The second-order valence-electron chi connectivity index (χ2n) is 6.35. The van der Waals surface area contributed by atoms with Crippen LogP contribution in [0.1, 0.15) is 19.4 Å². The highest BCUT2D eigenvalue weighted by molar-refractivity contribution is 8.00. The molecule has 0 radical (unpaired) electrons. The summed E-state index contributed by atoms with van der Waals surface area (Å²) in [7, 11) is 1.64. The van der Waals surface area contributed by atoms with Crippen molar-refractivity contribution in [2.24, 2.45) is 0 Å². The smallest absolute Gasteiger partial charge is 0.406 e. The molecule has 0 aliphatic carbocycles. The van der Waals surface area contributed by atoms with Gasteiger partial charge in [0.2, 0.25) is 11.8 Å². The minimum absolute atomic E-state index is 0.114. The third kappa shape index (κ3) is 7.69. The number of nitrogens with one attached hydrogen (secondary N) is 1. The predicted molar refractivity (Wildman–Crippen MR) is 106 cm³/mol. The molecule has 0 bridgehead atoms.